The molecule has 0 fully saturated rings. The monoisotopic (exact) mass is 265 g/mol. The molecule has 1 aromatic carbocycles. The smallest absolute Gasteiger partial charge is 0.189 e. The molecule has 6 heteroatoms. The van der Waals surface area contributed by atoms with Gasteiger partial charge in [0.2, 0.25) is 0 Å². The van der Waals surface area contributed by atoms with Crippen molar-refractivity contribution in [2.24, 2.45) is 0 Å². The fraction of sp³-hybridized carbons (Fsp3) is 0.167. The van der Waals surface area contributed by atoms with Gasteiger partial charge in [-0.15, -0.1) is 0 Å². The van der Waals surface area contributed by atoms with Crippen LogP contribution in [0.1, 0.15) is 23.0 Å². The molecule has 0 atom stereocenters. The van der Waals surface area contributed by atoms with E-state index < -0.39 is 0 Å². The number of rotatable bonds is 4. The minimum absolute atomic E-state index is 0.0442. The molecule has 0 bridgehead atoms. The van der Waals surface area contributed by atoms with Gasteiger partial charge in [0.05, 0.1) is 0 Å². The maximum Gasteiger partial charge on any atom is 0.189 e. The summed E-state index contributed by atoms with van der Waals surface area (Å²) in [6.45, 7) is 1.77. The van der Waals surface area contributed by atoms with E-state index in [2.05, 4.69) is 10.3 Å². The molecule has 1 aromatic heterocycles. The van der Waals surface area contributed by atoms with Crippen LogP contribution in [0.5, 0.6) is 0 Å². The molecular formula is C12H12FN3OS. The number of Topliss-reactive ketones (excluding diaryl/α,β-unsaturated/α-hetero) is 1. The Balaban J connectivity index is 2.23. The van der Waals surface area contributed by atoms with Crippen molar-refractivity contribution >= 4 is 33.8 Å². The molecule has 0 aliphatic rings. The number of nitrogens with two attached hydrogens (primary N) is 1. The summed E-state index contributed by atoms with van der Waals surface area (Å²) >= 11 is 1.17. The zero-order chi connectivity index (χ0) is 13.1. The molecule has 18 heavy (non-hydrogen) atoms. The summed E-state index contributed by atoms with van der Waals surface area (Å²) in [7, 11) is 0. The molecule has 0 amide bonds. The topological polar surface area (TPSA) is 68.0 Å². The summed E-state index contributed by atoms with van der Waals surface area (Å²) in [5, 5.41) is 3.40. The lowest BCUT2D eigenvalue weighted by molar-refractivity contribution is 0.0992. The van der Waals surface area contributed by atoms with E-state index in [1.54, 1.807) is 19.1 Å². The molecule has 2 aromatic rings. The zero-order valence-electron chi connectivity index (χ0n) is 9.74. The molecular weight excluding hydrogens is 253 g/mol. The molecule has 4 nitrogen and oxygen atoms in total. The molecule has 0 spiro atoms. The van der Waals surface area contributed by atoms with Gasteiger partial charge in [0.25, 0.3) is 0 Å². The van der Waals surface area contributed by atoms with Gasteiger partial charge in [-0.3, -0.25) is 4.79 Å². The highest BCUT2D eigenvalue weighted by Gasteiger charge is 2.14. The molecule has 0 radical (unpaired) electrons. The van der Waals surface area contributed by atoms with Crippen LogP contribution in [0.25, 0.3) is 0 Å². The lowest BCUT2D eigenvalue weighted by Crippen LogP contribution is -1.98. The minimum Gasteiger partial charge on any atom is -0.382 e. The van der Waals surface area contributed by atoms with Crippen molar-refractivity contribution in [2.45, 2.75) is 13.3 Å². The van der Waals surface area contributed by atoms with Gasteiger partial charge >= 0.3 is 0 Å². The van der Waals surface area contributed by atoms with Crippen molar-refractivity contribution in [1.82, 2.24) is 4.98 Å². The van der Waals surface area contributed by atoms with Gasteiger partial charge in [0, 0.05) is 12.1 Å². The Bertz CT molecular complexity index is 582. The first-order valence-corrected chi connectivity index (χ1v) is 6.24. The highest BCUT2D eigenvalue weighted by molar-refractivity contribution is 7.18. The molecule has 0 aliphatic heterocycles. The van der Waals surface area contributed by atoms with Crippen LogP contribution >= 0.6 is 11.3 Å². The van der Waals surface area contributed by atoms with Crippen LogP contribution in [0.2, 0.25) is 0 Å². The Morgan fingerprint density at radius 2 is 2.33 bits per heavy atom. The number of nitrogens with one attached hydrogen (secondary N) is 1. The van der Waals surface area contributed by atoms with E-state index >= 15 is 0 Å². The molecule has 1 heterocycles. The lowest BCUT2D eigenvalue weighted by Gasteiger charge is -2.01. The van der Waals surface area contributed by atoms with Crippen LogP contribution < -0.4 is 11.1 Å². The van der Waals surface area contributed by atoms with E-state index in [0.29, 0.717) is 22.1 Å². The van der Waals surface area contributed by atoms with Gasteiger partial charge in [0.1, 0.15) is 16.5 Å². The average Bonchev–Trinajstić information content (AvgIpc) is 2.69. The molecule has 0 saturated heterocycles. The summed E-state index contributed by atoms with van der Waals surface area (Å²) in [4.78, 5) is 16.0. The quantitative estimate of drug-likeness (QED) is 0.833. The van der Waals surface area contributed by atoms with Crippen LogP contribution in [-0.4, -0.2) is 10.8 Å². The third kappa shape index (κ3) is 2.65. The fourth-order valence-corrected chi connectivity index (χ4v) is 2.35. The first kappa shape index (κ1) is 12.5. The first-order valence-electron chi connectivity index (χ1n) is 5.42. The Hall–Kier alpha value is -1.95. The standard InChI is InChI=1S/C12H12FN3OS/c1-2-9(17)10-11(14)16-12(18-10)15-8-5-3-4-7(13)6-8/h3-6H,2,14H2,1H3,(H,15,16). The van der Waals surface area contributed by atoms with Gasteiger partial charge < -0.3 is 11.1 Å². The SMILES string of the molecule is CCC(=O)c1sc(Nc2cccc(F)c2)nc1N. The van der Waals surface area contributed by atoms with Crippen LogP contribution in [-0.2, 0) is 0 Å². The highest BCUT2D eigenvalue weighted by atomic mass is 32.1. The molecule has 3 N–H and O–H groups in total. The number of nitrogens with zero attached hydrogens (tertiary/aromatic N) is 1. The molecule has 0 aliphatic carbocycles. The predicted molar refractivity (Wildman–Crippen MR) is 70.8 cm³/mol. The minimum atomic E-state index is -0.339. The van der Waals surface area contributed by atoms with Crippen molar-refractivity contribution < 1.29 is 9.18 Å². The number of carbonyl (C=O) groups excluding carboxylic acids is 1. The van der Waals surface area contributed by atoms with E-state index in [1.165, 1.54) is 23.5 Å². The zero-order valence-corrected chi connectivity index (χ0v) is 10.6. The number of ketones is 1. The van der Waals surface area contributed by atoms with E-state index in [9.17, 15) is 9.18 Å². The second-order valence-corrected chi connectivity index (χ2v) is 4.64. The van der Waals surface area contributed by atoms with Crippen LogP contribution in [0.4, 0.5) is 21.0 Å². The fourth-order valence-electron chi connectivity index (χ4n) is 1.44. The third-order valence-electron chi connectivity index (χ3n) is 2.30. The van der Waals surface area contributed by atoms with Crippen LogP contribution in [0, 0.1) is 5.82 Å². The number of carbonyl (C=O) groups is 1. The van der Waals surface area contributed by atoms with Gasteiger partial charge in [-0.05, 0) is 18.2 Å². The number of hydrogen-bond acceptors (Lipinski definition) is 5. The number of hydrogen-bond donors (Lipinski definition) is 2. The highest BCUT2D eigenvalue weighted by Crippen LogP contribution is 2.28. The largest absolute Gasteiger partial charge is 0.382 e. The summed E-state index contributed by atoms with van der Waals surface area (Å²) < 4.78 is 13.0. The van der Waals surface area contributed by atoms with Crippen LogP contribution in [0.15, 0.2) is 24.3 Å². The third-order valence-corrected chi connectivity index (χ3v) is 3.33. The first-order chi connectivity index (χ1) is 8.60. The maximum absolute atomic E-state index is 13.0. The maximum atomic E-state index is 13.0. The molecule has 2 rings (SSSR count). The normalized spacial score (nSPS) is 10.3. The van der Waals surface area contributed by atoms with Gasteiger partial charge in [-0.1, -0.05) is 24.3 Å². The number of anilines is 3. The Kier molecular flexibility index (Phi) is 3.57. The lowest BCUT2D eigenvalue weighted by atomic mass is 10.3. The number of aromatic nitrogens is 1. The second kappa shape index (κ2) is 5.14. The molecule has 94 valence electrons. The van der Waals surface area contributed by atoms with Gasteiger partial charge in [-0.25, -0.2) is 9.37 Å². The number of halogens is 1. The summed E-state index contributed by atoms with van der Waals surface area (Å²) in [5.74, 6) is -0.169. The Labute approximate surface area is 108 Å². The van der Waals surface area contributed by atoms with Crippen molar-refractivity contribution in [3.63, 3.8) is 0 Å². The summed E-state index contributed by atoms with van der Waals surface area (Å²) in [6.07, 6.45) is 0.381. The van der Waals surface area contributed by atoms with Crippen molar-refractivity contribution in [3.05, 3.63) is 35.0 Å². The van der Waals surface area contributed by atoms with Gasteiger partial charge in [0.15, 0.2) is 10.9 Å². The van der Waals surface area contributed by atoms with Gasteiger partial charge in [-0.2, -0.15) is 0 Å². The van der Waals surface area contributed by atoms with E-state index in [-0.39, 0.29) is 17.4 Å². The molecule has 0 unspecified atom stereocenters. The van der Waals surface area contributed by atoms with Crippen LogP contribution in [0.3, 0.4) is 0 Å². The molecule has 0 saturated carbocycles. The van der Waals surface area contributed by atoms with Crippen molar-refractivity contribution in [3.8, 4) is 0 Å². The van der Waals surface area contributed by atoms with Crippen molar-refractivity contribution in [2.75, 3.05) is 11.1 Å². The summed E-state index contributed by atoms with van der Waals surface area (Å²) in [6, 6.07) is 6.00. The van der Waals surface area contributed by atoms with Crippen molar-refractivity contribution in [1.29, 1.82) is 0 Å². The number of thiazole rings is 1. The number of nitrogen functional groups attached to an aromatic ring is 1. The predicted octanol–water partition coefficient (Wildman–Crippen LogP) is 3.20. The van der Waals surface area contributed by atoms with E-state index in [4.69, 9.17) is 5.73 Å². The second-order valence-electron chi connectivity index (χ2n) is 3.65. The van der Waals surface area contributed by atoms with E-state index in [1.807, 2.05) is 0 Å². The number of benzene rings is 1. The Morgan fingerprint density at radius 3 is 3.00 bits per heavy atom. The van der Waals surface area contributed by atoms with E-state index in [0.717, 1.165) is 0 Å². The summed E-state index contributed by atoms with van der Waals surface area (Å²) in [5.41, 5.74) is 6.23. The Morgan fingerprint density at radius 1 is 1.56 bits per heavy atom. The average molecular weight is 265 g/mol.